The number of rotatable bonds is 5. The highest BCUT2D eigenvalue weighted by Crippen LogP contribution is 2.38. The van der Waals surface area contributed by atoms with Crippen molar-refractivity contribution in [3.8, 4) is 0 Å². The first kappa shape index (κ1) is 18.0. The number of amides is 1. The number of benzene rings is 1. The van der Waals surface area contributed by atoms with Crippen LogP contribution >= 0.6 is 0 Å². The Bertz CT molecular complexity index is 589. The van der Waals surface area contributed by atoms with E-state index < -0.39 is 5.41 Å². The number of ether oxygens (including phenoxy) is 2. The van der Waals surface area contributed by atoms with E-state index in [4.69, 9.17) is 9.47 Å². The molecule has 0 aromatic heterocycles. The monoisotopic (exact) mass is 331 g/mol. The van der Waals surface area contributed by atoms with Crippen LogP contribution in [-0.4, -0.2) is 37.2 Å². The van der Waals surface area contributed by atoms with Gasteiger partial charge in [-0.05, 0) is 31.7 Å². The minimum atomic E-state index is -0.573. The van der Waals surface area contributed by atoms with E-state index in [-0.39, 0.29) is 18.7 Å². The summed E-state index contributed by atoms with van der Waals surface area (Å²) in [6.07, 6.45) is 1.37. The molecule has 5 nitrogen and oxygen atoms in total. The topological polar surface area (TPSA) is 55.8 Å². The standard InChI is InChI=1S/C19H25NO4/c1-15(2)13-19(17(21)23-3)9-11-20(12-10-19)18(22)24-14-16-7-5-4-6-8-16/h4-8H,1,9-14H2,2-3H3. The number of hydrogen-bond acceptors (Lipinski definition) is 4. The number of allylic oxidation sites excluding steroid dienone is 1. The molecule has 1 fully saturated rings. The van der Waals surface area contributed by atoms with Crippen LogP contribution in [0.2, 0.25) is 0 Å². The summed E-state index contributed by atoms with van der Waals surface area (Å²) in [4.78, 5) is 26.1. The molecule has 0 spiro atoms. The molecule has 24 heavy (non-hydrogen) atoms. The average molecular weight is 331 g/mol. The average Bonchev–Trinajstić information content (AvgIpc) is 2.60. The molecule has 1 saturated heterocycles. The number of methoxy groups -OCH3 is 1. The second-order valence-electron chi connectivity index (χ2n) is 6.43. The number of esters is 1. The highest BCUT2D eigenvalue weighted by atomic mass is 16.6. The van der Waals surface area contributed by atoms with Crippen molar-refractivity contribution in [1.29, 1.82) is 0 Å². The van der Waals surface area contributed by atoms with Crippen molar-refractivity contribution in [3.05, 3.63) is 48.0 Å². The summed E-state index contributed by atoms with van der Waals surface area (Å²) >= 11 is 0. The Hall–Kier alpha value is -2.30. The SMILES string of the molecule is C=C(C)CC1(C(=O)OC)CCN(C(=O)OCc2ccccc2)CC1. The summed E-state index contributed by atoms with van der Waals surface area (Å²) in [5.41, 5.74) is 1.33. The number of piperidine rings is 1. The molecule has 0 bridgehead atoms. The molecule has 0 saturated carbocycles. The van der Waals surface area contributed by atoms with Gasteiger partial charge in [-0.15, -0.1) is 6.58 Å². The first-order valence-electron chi connectivity index (χ1n) is 8.15. The molecule has 0 atom stereocenters. The van der Waals surface area contributed by atoms with E-state index in [0.29, 0.717) is 32.4 Å². The van der Waals surface area contributed by atoms with Gasteiger partial charge in [0.2, 0.25) is 0 Å². The smallest absolute Gasteiger partial charge is 0.410 e. The summed E-state index contributed by atoms with van der Waals surface area (Å²) in [7, 11) is 1.41. The second-order valence-corrected chi connectivity index (χ2v) is 6.43. The fraction of sp³-hybridized carbons (Fsp3) is 0.474. The minimum absolute atomic E-state index is 0.220. The zero-order valence-corrected chi connectivity index (χ0v) is 14.4. The summed E-state index contributed by atoms with van der Waals surface area (Å²) in [5.74, 6) is -0.220. The van der Waals surface area contributed by atoms with Crippen molar-refractivity contribution >= 4 is 12.1 Å². The first-order chi connectivity index (χ1) is 11.5. The molecule has 1 aliphatic rings. The Labute approximate surface area is 143 Å². The molecule has 0 N–H and O–H groups in total. The lowest BCUT2D eigenvalue weighted by Crippen LogP contribution is -2.47. The van der Waals surface area contributed by atoms with E-state index in [1.54, 1.807) is 4.90 Å². The number of carbonyl (C=O) groups excluding carboxylic acids is 2. The lowest BCUT2D eigenvalue weighted by Gasteiger charge is -2.39. The molecular weight excluding hydrogens is 306 g/mol. The normalized spacial score (nSPS) is 16.3. The summed E-state index contributed by atoms with van der Waals surface area (Å²) in [6, 6.07) is 9.57. The second kappa shape index (κ2) is 7.99. The fourth-order valence-electron chi connectivity index (χ4n) is 3.18. The van der Waals surface area contributed by atoms with E-state index >= 15 is 0 Å². The van der Waals surface area contributed by atoms with Gasteiger partial charge >= 0.3 is 12.1 Å². The maximum absolute atomic E-state index is 12.2. The van der Waals surface area contributed by atoms with Gasteiger partial charge in [0, 0.05) is 13.1 Å². The summed E-state index contributed by atoms with van der Waals surface area (Å²) in [5, 5.41) is 0. The van der Waals surface area contributed by atoms with Crippen LogP contribution in [0.3, 0.4) is 0 Å². The largest absolute Gasteiger partial charge is 0.469 e. The predicted molar refractivity (Wildman–Crippen MR) is 91.3 cm³/mol. The Morgan fingerprint density at radius 1 is 1.21 bits per heavy atom. The van der Waals surface area contributed by atoms with E-state index in [1.165, 1.54) is 7.11 Å². The number of hydrogen-bond donors (Lipinski definition) is 0. The lowest BCUT2D eigenvalue weighted by molar-refractivity contribution is -0.155. The van der Waals surface area contributed by atoms with E-state index in [2.05, 4.69) is 6.58 Å². The third-order valence-electron chi connectivity index (χ3n) is 4.44. The lowest BCUT2D eigenvalue weighted by atomic mass is 9.74. The van der Waals surface area contributed by atoms with Gasteiger partial charge in [-0.3, -0.25) is 4.79 Å². The highest BCUT2D eigenvalue weighted by Gasteiger charge is 2.43. The first-order valence-corrected chi connectivity index (χ1v) is 8.15. The summed E-state index contributed by atoms with van der Waals surface area (Å²) in [6.45, 7) is 7.04. The van der Waals surface area contributed by atoms with Crippen LogP contribution in [0.25, 0.3) is 0 Å². The molecular formula is C19H25NO4. The predicted octanol–water partition coefficient (Wildman–Crippen LogP) is 3.54. The van der Waals surface area contributed by atoms with Crippen molar-refractivity contribution in [3.63, 3.8) is 0 Å². The van der Waals surface area contributed by atoms with Gasteiger partial charge in [0.25, 0.3) is 0 Å². The van der Waals surface area contributed by atoms with Crippen LogP contribution < -0.4 is 0 Å². The van der Waals surface area contributed by atoms with Gasteiger partial charge in [0.15, 0.2) is 0 Å². The van der Waals surface area contributed by atoms with Crippen molar-refractivity contribution in [2.24, 2.45) is 5.41 Å². The Balaban J connectivity index is 1.91. The zero-order valence-electron chi connectivity index (χ0n) is 14.4. The molecule has 5 heteroatoms. The van der Waals surface area contributed by atoms with E-state index in [9.17, 15) is 9.59 Å². The molecule has 0 aliphatic carbocycles. The number of nitrogens with zero attached hydrogens (tertiary/aromatic N) is 1. The van der Waals surface area contributed by atoms with Crippen LogP contribution in [0.15, 0.2) is 42.5 Å². The van der Waals surface area contributed by atoms with E-state index in [0.717, 1.165) is 11.1 Å². The quantitative estimate of drug-likeness (QED) is 0.612. The van der Waals surface area contributed by atoms with Crippen molar-refractivity contribution < 1.29 is 19.1 Å². The van der Waals surface area contributed by atoms with Crippen LogP contribution in [0, 0.1) is 5.41 Å². The molecule has 1 amide bonds. The van der Waals surface area contributed by atoms with Crippen LogP contribution in [0.1, 0.15) is 31.7 Å². The van der Waals surface area contributed by atoms with Gasteiger partial charge in [-0.1, -0.05) is 35.9 Å². The third-order valence-corrected chi connectivity index (χ3v) is 4.44. The van der Waals surface area contributed by atoms with Gasteiger partial charge < -0.3 is 14.4 Å². The van der Waals surface area contributed by atoms with Crippen LogP contribution in [0.4, 0.5) is 4.79 Å². The molecule has 0 radical (unpaired) electrons. The highest BCUT2D eigenvalue weighted by molar-refractivity contribution is 5.78. The third kappa shape index (κ3) is 4.37. The fourth-order valence-corrected chi connectivity index (χ4v) is 3.18. The van der Waals surface area contributed by atoms with Crippen molar-refractivity contribution in [1.82, 2.24) is 4.90 Å². The Morgan fingerprint density at radius 3 is 2.38 bits per heavy atom. The van der Waals surface area contributed by atoms with Crippen LogP contribution in [-0.2, 0) is 20.9 Å². The van der Waals surface area contributed by atoms with Crippen LogP contribution in [0.5, 0.6) is 0 Å². The van der Waals surface area contributed by atoms with Crippen molar-refractivity contribution in [2.45, 2.75) is 32.8 Å². The Kier molecular flexibility index (Phi) is 6.01. The number of carbonyl (C=O) groups is 2. The molecule has 1 aromatic carbocycles. The molecule has 0 unspecified atom stereocenters. The summed E-state index contributed by atoms with van der Waals surface area (Å²) < 4.78 is 10.3. The maximum Gasteiger partial charge on any atom is 0.410 e. The Morgan fingerprint density at radius 2 is 1.83 bits per heavy atom. The minimum Gasteiger partial charge on any atom is -0.469 e. The van der Waals surface area contributed by atoms with Crippen molar-refractivity contribution in [2.75, 3.05) is 20.2 Å². The molecule has 2 rings (SSSR count). The molecule has 130 valence electrons. The van der Waals surface area contributed by atoms with E-state index in [1.807, 2.05) is 37.3 Å². The molecule has 1 aliphatic heterocycles. The van der Waals surface area contributed by atoms with Gasteiger partial charge in [0.05, 0.1) is 12.5 Å². The van der Waals surface area contributed by atoms with Gasteiger partial charge in [-0.25, -0.2) is 4.79 Å². The van der Waals surface area contributed by atoms with Gasteiger partial charge in [0.1, 0.15) is 6.61 Å². The maximum atomic E-state index is 12.2. The number of likely N-dealkylation sites (tertiary alicyclic amines) is 1. The zero-order chi connectivity index (χ0) is 17.6. The molecule has 1 aromatic rings. The molecule has 1 heterocycles. The van der Waals surface area contributed by atoms with Gasteiger partial charge in [-0.2, -0.15) is 0 Å².